The zero-order valence-electron chi connectivity index (χ0n) is 44.0. The van der Waals surface area contributed by atoms with Crippen molar-refractivity contribution < 1.29 is 53.0 Å². The lowest BCUT2D eigenvalue weighted by Crippen LogP contribution is -2.37. The molecule has 0 radical (unpaired) electrons. The standard InChI is InChI=1S/C46H84NO8P/c1-6-8-10-12-14-16-18-20-22-23-25-27-29-31-33-35-37-39-46(49)55-44(43-54-56(50,51)53-41-40-47(3,4)5)42-52-45(48)38-36-34-32-30-28-26-24-21-19-17-15-13-11-9-7-2/h14,16,20,22,25,27,31,33,44H,6-13,15,17-19,21,23-24,26,28-30,32,34-43H2,1-5H3/b16-14+,22-20-,27-25-,33-31-/t44-/m1/s1/i14D,16D,20D,22D,25D,27D,31D,33D. The fraction of sp³-hybridized carbons (Fsp3) is 0.783. The molecule has 0 aromatic rings. The molecule has 1 unspecified atom stereocenters. The molecule has 0 heterocycles. The van der Waals surface area contributed by atoms with Crippen LogP contribution in [0.2, 0.25) is 0 Å². The first-order valence-electron chi connectivity index (χ1n) is 25.6. The molecule has 0 rings (SSSR count). The van der Waals surface area contributed by atoms with Crippen LogP contribution in [0, 0.1) is 0 Å². The number of quaternary nitrogens is 1. The molecule has 56 heavy (non-hydrogen) atoms. The number of hydrogen-bond donors (Lipinski definition) is 0. The summed E-state index contributed by atoms with van der Waals surface area (Å²) in [4.78, 5) is 37.8. The van der Waals surface area contributed by atoms with Gasteiger partial charge in [-0.1, -0.05) is 165 Å². The van der Waals surface area contributed by atoms with Gasteiger partial charge in [0, 0.05) is 12.8 Å². The van der Waals surface area contributed by atoms with Gasteiger partial charge in [-0.15, -0.1) is 0 Å². The largest absolute Gasteiger partial charge is 0.756 e. The number of allylic oxidation sites excluding steroid dienone is 8. The van der Waals surface area contributed by atoms with Gasteiger partial charge in [0.25, 0.3) is 7.82 Å². The molecule has 0 saturated heterocycles. The van der Waals surface area contributed by atoms with Crippen LogP contribution in [0.15, 0.2) is 48.4 Å². The number of rotatable bonds is 40. The van der Waals surface area contributed by atoms with E-state index in [0.29, 0.717) is 23.9 Å². The van der Waals surface area contributed by atoms with Crippen molar-refractivity contribution in [3.8, 4) is 0 Å². The fourth-order valence-electron chi connectivity index (χ4n) is 5.37. The van der Waals surface area contributed by atoms with Crippen molar-refractivity contribution in [3.05, 3.63) is 48.4 Å². The molecule has 10 heteroatoms. The quantitative estimate of drug-likeness (QED) is 0.0198. The Morgan fingerprint density at radius 2 is 1.02 bits per heavy atom. The van der Waals surface area contributed by atoms with Crippen LogP contribution in [0.1, 0.15) is 192 Å². The smallest absolute Gasteiger partial charge is 0.306 e. The average molecular weight is 818 g/mol. The third kappa shape index (κ3) is 41.6. The van der Waals surface area contributed by atoms with E-state index in [4.69, 9.17) is 29.5 Å². The van der Waals surface area contributed by atoms with Gasteiger partial charge >= 0.3 is 11.9 Å². The third-order valence-corrected chi connectivity index (χ3v) is 9.73. The highest BCUT2D eigenvalue weighted by molar-refractivity contribution is 7.45. The van der Waals surface area contributed by atoms with E-state index in [1.54, 1.807) is 0 Å². The average Bonchev–Trinajstić information content (AvgIpc) is 3.22. The first kappa shape index (κ1) is 40.7. The van der Waals surface area contributed by atoms with E-state index in [1.807, 2.05) is 28.1 Å². The number of phosphoric ester groups is 1. The summed E-state index contributed by atoms with van der Waals surface area (Å²) in [6.45, 7) is 3.46. The maximum Gasteiger partial charge on any atom is 0.306 e. The van der Waals surface area contributed by atoms with E-state index < -0.39 is 39.1 Å². The van der Waals surface area contributed by atoms with Gasteiger partial charge in [0.05, 0.1) is 38.7 Å². The lowest BCUT2D eigenvalue weighted by molar-refractivity contribution is -0.870. The summed E-state index contributed by atoms with van der Waals surface area (Å²) in [5, 5.41) is 0. The van der Waals surface area contributed by atoms with Gasteiger partial charge in [0.15, 0.2) is 6.10 Å². The van der Waals surface area contributed by atoms with E-state index in [9.17, 15) is 19.0 Å². The number of likely N-dealkylation sites (N-methyl/N-ethyl adjacent to an activating group) is 1. The van der Waals surface area contributed by atoms with E-state index >= 15 is 0 Å². The highest BCUT2D eigenvalue weighted by atomic mass is 31.2. The van der Waals surface area contributed by atoms with Gasteiger partial charge < -0.3 is 27.9 Å². The van der Waals surface area contributed by atoms with Gasteiger partial charge in [-0.05, 0) is 51.4 Å². The van der Waals surface area contributed by atoms with Crippen molar-refractivity contribution >= 4 is 19.8 Å². The number of carbonyl (C=O) groups excluding carboxylic acids is 2. The Morgan fingerprint density at radius 1 is 0.589 bits per heavy atom. The molecule has 0 aromatic carbocycles. The van der Waals surface area contributed by atoms with Gasteiger partial charge in [-0.3, -0.25) is 14.2 Å². The van der Waals surface area contributed by atoms with Crippen LogP contribution in [0.25, 0.3) is 0 Å². The van der Waals surface area contributed by atoms with Crippen LogP contribution in [0.5, 0.6) is 0 Å². The summed E-state index contributed by atoms with van der Waals surface area (Å²) in [6, 6.07) is -1.44. The van der Waals surface area contributed by atoms with Crippen molar-refractivity contribution in [2.24, 2.45) is 0 Å². The summed E-state index contributed by atoms with van der Waals surface area (Å²) in [5.41, 5.74) is 0. The second-order valence-electron chi connectivity index (χ2n) is 15.3. The zero-order valence-corrected chi connectivity index (χ0v) is 36.8. The lowest BCUT2D eigenvalue weighted by atomic mass is 10.0. The molecule has 0 spiro atoms. The minimum absolute atomic E-state index is 0.0351. The van der Waals surface area contributed by atoms with Crippen molar-refractivity contribution in [2.45, 2.75) is 187 Å². The number of nitrogens with zero attached hydrogens (tertiary/aromatic N) is 1. The molecule has 9 nitrogen and oxygen atoms in total. The molecule has 0 aliphatic rings. The maximum atomic E-state index is 12.8. The van der Waals surface area contributed by atoms with Gasteiger partial charge in [-0.25, -0.2) is 0 Å². The molecule has 326 valence electrons. The summed E-state index contributed by atoms with van der Waals surface area (Å²) in [6.07, 6.45) is 18.9. The first-order valence-corrected chi connectivity index (χ1v) is 23.0. The zero-order chi connectivity index (χ0) is 48.4. The summed E-state index contributed by atoms with van der Waals surface area (Å²) in [7, 11) is 0.837. The molecular formula is C46H84NO8P. The molecule has 0 aliphatic heterocycles. The van der Waals surface area contributed by atoms with Gasteiger partial charge in [-0.2, -0.15) is 0 Å². The highest BCUT2D eigenvalue weighted by Gasteiger charge is 2.21. The van der Waals surface area contributed by atoms with E-state index in [-0.39, 0.29) is 100.0 Å². The van der Waals surface area contributed by atoms with Crippen LogP contribution in [-0.2, 0) is 32.7 Å². The van der Waals surface area contributed by atoms with Gasteiger partial charge in [0.2, 0.25) is 0 Å². The molecular weight excluding hydrogens is 725 g/mol. The number of ether oxygens (including phenoxy) is 2. The van der Waals surface area contributed by atoms with Crippen molar-refractivity contribution in [1.82, 2.24) is 0 Å². The number of esters is 2. The first-order chi connectivity index (χ1) is 30.2. The maximum absolute atomic E-state index is 12.8. The second-order valence-corrected chi connectivity index (χ2v) is 16.8. The molecule has 0 amide bonds. The second kappa shape index (κ2) is 38.5. The predicted octanol–water partition coefficient (Wildman–Crippen LogP) is 12.1. The number of carbonyl (C=O) groups is 2. The third-order valence-electron chi connectivity index (χ3n) is 8.76. The Morgan fingerprint density at radius 3 is 1.52 bits per heavy atom. The summed E-state index contributed by atoms with van der Waals surface area (Å²) >= 11 is 0. The molecule has 0 N–H and O–H groups in total. The number of phosphoric acid groups is 1. The fourth-order valence-corrected chi connectivity index (χ4v) is 6.10. The van der Waals surface area contributed by atoms with E-state index in [2.05, 4.69) is 6.92 Å². The van der Waals surface area contributed by atoms with E-state index in [0.717, 1.165) is 38.5 Å². The lowest BCUT2D eigenvalue weighted by Gasteiger charge is -2.28. The molecule has 0 fully saturated rings. The van der Waals surface area contributed by atoms with Crippen molar-refractivity contribution in [1.29, 1.82) is 0 Å². The number of unbranched alkanes of at least 4 members (excludes halogenated alkanes) is 16. The van der Waals surface area contributed by atoms with Crippen LogP contribution >= 0.6 is 7.82 Å². The monoisotopic (exact) mass is 818 g/mol. The summed E-state index contributed by atoms with van der Waals surface area (Å²) < 4.78 is 99.0. The van der Waals surface area contributed by atoms with Crippen LogP contribution < -0.4 is 4.89 Å². The minimum Gasteiger partial charge on any atom is -0.756 e. The minimum atomic E-state index is -4.78. The highest BCUT2D eigenvalue weighted by Crippen LogP contribution is 2.38. The van der Waals surface area contributed by atoms with Crippen LogP contribution in [-0.4, -0.2) is 70.0 Å². The Kier molecular flexibility index (Phi) is 28.0. The molecule has 0 saturated carbocycles. The SMILES string of the molecule is [2H]/C(CCCC(=O)O[C@H](COC(=O)CCCCCCCCCCCCCCCCC)COP(=O)([O-])OCC[N+](C)(C)C)=C(\[2H])C/C([2H])=C(/[2H])C/C([2H])=C(/[2H])C/C([2H])=C(\[2H])CCCCC. The topological polar surface area (TPSA) is 111 Å². The molecule has 0 aromatic heterocycles. The van der Waals surface area contributed by atoms with Crippen molar-refractivity contribution in [2.75, 3.05) is 47.5 Å². The Bertz CT molecular complexity index is 1500. The van der Waals surface area contributed by atoms with Crippen molar-refractivity contribution in [3.63, 3.8) is 0 Å². The molecule has 0 bridgehead atoms. The number of hydrogen-bond acceptors (Lipinski definition) is 8. The summed E-state index contributed by atoms with van der Waals surface area (Å²) in [5.74, 6) is -1.27. The normalized spacial score (nSPS) is 17.5. The van der Waals surface area contributed by atoms with Crippen LogP contribution in [0.3, 0.4) is 0 Å². The Balaban J connectivity index is 5.07. The predicted molar refractivity (Wildman–Crippen MR) is 231 cm³/mol. The Hall–Kier alpha value is -2.03. The van der Waals surface area contributed by atoms with E-state index in [1.165, 1.54) is 70.6 Å². The van der Waals surface area contributed by atoms with Crippen LogP contribution in [0.4, 0.5) is 0 Å². The Labute approximate surface area is 355 Å². The van der Waals surface area contributed by atoms with Gasteiger partial charge in [0.1, 0.15) is 19.8 Å². The molecule has 2 atom stereocenters. The molecule has 0 aliphatic carbocycles.